The van der Waals surface area contributed by atoms with Crippen LogP contribution >= 0.6 is 22.6 Å². The standard InChI is InChI=1S/C15H7IN2OS/c16-10-4-6-11-12-5-3-9-2-1-7-17-14(9)15(12)18-20(19)13(11)8-10/h3-8,18H. The van der Waals surface area contributed by atoms with E-state index in [2.05, 4.69) is 44.4 Å². The molecule has 0 spiro atoms. The highest BCUT2D eigenvalue weighted by molar-refractivity contribution is 14.1. The minimum absolute atomic E-state index is 0.777. The molecule has 0 saturated heterocycles. The van der Waals surface area contributed by atoms with Gasteiger partial charge >= 0.3 is 0 Å². The lowest BCUT2D eigenvalue weighted by molar-refractivity contribution is 0.600. The highest BCUT2D eigenvalue weighted by Gasteiger charge is 2.28. The average Bonchev–Trinajstić information content (AvgIpc) is 2.47. The van der Waals surface area contributed by atoms with E-state index in [1.807, 2.05) is 30.3 Å². The molecule has 2 heterocycles. The summed E-state index contributed by atoms with van der Waals surface area (Å²) in [4.78, 5) is 5.15. The van der Waals surface area contributed by atoms with Crippen LogP contribution in [0.2, 0.25) is 0 Å². The van der Waals surface area contributed by atoms with Crippen molar-refractivity contribution in [3.8, 4) is 11.1 Å². The molecule has 4 rings (SSSR count). The quantitative estimate of drug-likeness (QED) is 0.472. The van der Waals surface area contributed by atoms with Gasteiger partial charge in [0.2, 0.25) is 0 Å². The number of hydrogen-bond acceptors (Lipinski definition) is 3. The Morgan fingerprint density at radius 2 is 2.05 bits per heavy atom. The first-order valence-electron chi connectivity index (χ1n) is 5.93. The summed E-state index contributed by atoms with van der Waals surface area (Å²) in [5.41, 5.74) is 3.60. The Balaban J connectivity index is 2.07. The molecule has 96 valence electrons. The van der Waals surface area contributed by atoms with E-state index in [0.29, 0.717) is 0 Å². The van der Waals surface area contributed by atoms with Gasteiger partial charge in [-0.2, -0.15) is 0 Å². The van der Waals surface area contributed by atoms with Crippen molar-refractivity contribution in [3.05, 3.63) is 52.2 Å². The molecule has 1 aliphatic rings. The molecule has 0 bridgehead atoms. The zero-order valence-electron chi connectivity index (χ0n) is 10.1. The first-order chi connectivity index (χ1) is 9.74. The molecule has 20 heavy (non-hydrogen) atoms. The molecule has 0 fully saturated rings. The fourth-order valence-corrected chi connectivity index (χ4v) is 4.20. The second kappa shape index (κ2) is 4.52. The number of fused-ring (bicyclic) bond motifs is 5. The van der Waals surface area contributed by atoms with E-state index >= 15 is 0 Å². The molecule has 1 unspecified atom stereocenters. The number of hydrogen-bond donors (Lipinski definition) is 1. The summed E-state index contributed by atoms with van der Waals surface area (Å²) in [5.74, 6) is 0. The zero-order valence-corrected chi connectivity index (χ0v) is 13.1. The monoisotopic (exact) mass is 390 g/mol. The Morgan fingerprint density at radius 1 is 1.20 bits per heavy atom. The summed E-state index contributed by atoms with van der Waals surface area (Å²) >= 11 is 0.964. The van der Waals surface area contributed by atoms with Crippen LogP contribution in [0.1, 0.15) is 0 Å². The highest BCUT2D eigenvalue weighted by Crippen LogP contribution is 2.42. The molecule has 1 aliphatic heterocycles. The van der Waals surface area contributed by atoms with E-state index in [4.69, 9.17) is 0 Å². The molecular weight excluding hydrogens is 383 g/mol. The van der Waals surface area contributed by atoms with Crippen LogP contribution in [-0.4, -0.2) is 9.54 Å². The van der Waals surface area contributed by atoms with Crippen molar-refractivity contribution in [2.45, 2.75) is 4.90 Å². The van der Waals surface area contributed by atoms with Crippen LogP contribution in [0.5, 0.6) is 0 Å². The fraction of sp³-hybridized carbons (Fsp3) is 0. The van der Waals surface area contributed by atoms with Gasteiger partial charge in [0.25, 0.3) is 0 Å². The van der Waals surface area contributed by atoms with Gasteiger partial charge < -0.3 is 4.55 Å². The van der Waals surface area contributed by atoms with Crippen LogP contribution in [0.25, 0.3) is 22.0 Å². The average molecular weight is 390 g/mol. The van der Waals surface area contributed by atoms with Crippen molar-refractivity contribution >= 4 is 50.5 Å². The molecule has 0 amide bonds. The van der Waals surface area contributed by atoms with Crippen molar-refractivity contribution in [1.29, 1.82) is 0 Å². The molecule has 0 aliphatic carbocycles. The van der Waals surface area contributed by atoms with Crippen LogP contribution in [-0.2, 0) is 11.4 Å². The molecule has 0 saturated carbocycles. The van der Waals surface area contributed by atoms with E-state index in [1.165, 1.54) is 0 Å². The van der Waals surface area contributed by atoms with Crippen molar-refractivity contribution in [1.82, 2.24) is 4.98 Å². The third-order valence-corrected chi connectivity index (χ3v) is 5.07. The second-order valence-electron chi connectivity index (χ2n) is 4.42. The van der Waals surface area contributed by atoms with E-state index < -0.39 is 11.4 Å². The van der Waals surface area contributed by atoms with Crippen molar-refractivity contribution in [3.63, 3.8) is 0 Å². The van der Waals surface area contributed by atoms with Gasteiger partial charge in [-0.15, -0.1) is 0 Å². The summed E-state index contributed by atoms with van der Waals surface area (Å²) in [6, 6.07) is 15.8. The Kier molecular flexibility index (Phi) is 2.77. The van der Waals surface area contributed by atoms with E-state index in [0.717, 1.165) is 36.2 Å². The van der Waals surface area contributed by atoms with Crippen LogP contribution in [0.4, 0.5) is 5.69 Å². The SMILES string of the molecule is [O-][S+]1Nc2c(ccc3c#ccnc23)-c2ccc(I)cc21. The van der Waals surface area contributed by atoms with Crippen LogP contribution in [0.3, 0.4) is 0 Å². The lowest BCUT2D eigenvalue weighted by atomic mass is 10.0. The molecular formula is C15H7IN2OS. The van der Waals surface area contributed by atoms with Gasteiger partial charge in [0, 0.05) is 20.8 Å². The van der Waals surface area contributed by atoms with Gasteiger partial charge in [-0.3, -0.25) is 0 Å². The maximum atomic E-state index is 12.4. The van der Waals surface area contributed by atoms with Gasteiger partial charge in [-0.25, -0.2) is 9.71 Å². The number of halogens is 1. The summed E-state index contributed by atoms with van der Waals surface area (Å²) < 4.78 is 16.5. The molecule has 0 radical (unpaired) electrons. The second-order valence-corrected chi connectivity index (χ2v) is 6.85. The topological polar surface area (TPSA) is 48.0 Å². The number of rotatable bonds is 0. The molecule has 1 aromatic heterocycles. The van der Waals surface area contributed by atoms with Crippen molar-refractivity contribution < 1.29 is 4.55 Å². The van der Waals surface area contributed by atoms with Gasteiger partial charge in [0.15, 0.2) is 4.90 Å². The van der Waals surface area contributed by atoms with Crippen LogP contribution in [0, 0.1) is 15.7 Å². The molecule has 3 aromatic rings. The van der Waals surface area contributed by atoms with Gasteiger partial charge in [0.1, 0.15) is 22.6 Å². The Hall–Kier alpha value is -1.49. The summed E-state index contributed by atoms with van der Waals surface area (Å²) in [7, 11) is 0. The Morgan fingerprint density at radius 3 is 2.95 bits per heavy atom. The van der Waals surface area contributed by atoms with Crippen molar-refractivity contribution in [2.24, 2.45) is 0 Å². The maximum Gasteiger partial charge on any atom is 0.188 e. The van der Waals surface area contributed by atoms with E-state index in [1.54, 1.807) is 6.20 Å². The normalized spacial score (nSPS) is 16.0. The molecule has 1 N–H and O–H groups in total. The zero-order chi connectivity index (χ0) is 13.7. The molecule has 3 nitrogen and oxygen atoms in total. The molecule has 1 atom stereocenters. The maximum absolute atomic E-state index is 12.4. The number of benzene rings is 2. The fourth-order valence-electron chi connectivity index (χ4n) is 2.38. The summed E-state index contributed by atoms with van der Waals surface area (Å²) in [6.07, 6.45) is 1.58. The predicted octanol–water partition coefficient (Wildman–Crippen LogP) is 3.55. The van der Waals surface area contributed by atoms with Gasteiger partial charge in [0.05, 0.1) is 11.6 Å². The number of aromatic nitrogens is 1. The molecule has 2 aromatic carbocycles. The van der Waals surface area contributed by atoms with Gasteiger partial charge in [-0.05, 0) is 46.9 Å². The van der Waals surface area contributed by atoms with E-state index in [9.17, 15) is 4.55 Å². The van der Waals surface area contributed by atoms with E-state index in [-0.39, 0.29) is 0 Å². The largest absolute Gasteiger partial charge is 0.588 e. The summed E-state index contributed by atoms with van der Waals surface area (Å²) in [6.45, 7) is 0. The predicted molar refractivity (Wildman–Crippen MR) is 87.6 cm³/mol. The lowest BCUT2D eigenvalue weighted by Gasteiger charge is -2.23. The first-order valence-corrected chi connectivity index (χ1v) is 8.16. The first kappa shape index (κ1) is 12.3. The Labute approximate surface area is 132 Å². The third-order valence-electron chi connectivity index (χ3n) is 3.27. The number of anilines is 1. The summed E-state index contributed by atoms with van der Waals surface area (Å²) in [5, 5.41) is 0.865. The van der Waals surface area contributed by atoms with Crippen LogP contribution in [0.15, 0.2) is 41.4 Å². The minimum atomic E-state index is -1.26. The Bertz CT molecular complexity index is 837. The smallest absolute Gasteiger partial charge is 0.188 e. The lowest BCUT2D eigenvalue weighted by Crippen LogP contribution is -2.19. The minimum Gasteiger partial charge on any atom is -0.588 e. The van der Waals surface area contributed by atoms with Gasteiger partial charge in [-0.1, -0.05) is 12.1 Å². The third kappa shape index (κ3) is 1.76. The molecule has 5 heteroatoms. The van der Waals surface area contributed by atoms with Crippen LogP contribution < -0.4 is 4.72 Å². The number of nitrogens with zero attached hydrogens (tertiary/aromatic N) is 1. The highest BCUT2D eigenvalue weighted by atomic mass is 127. The van der Waals surface area contributed by atoms with Crippen molar-refractivity contribution in [2.75, 3.05) is 4.72 Å². The number of nitrogens with one attached hydrogen (secondary N) is 1.